The summed E-state index contributed by atoms with van der Waals surface area (Å²) in [6.45, 7) is 2.06. The number of alkyl halides is 1. The Hall–Kier alpha value is -0.0800. The predicted octanol–water partition coefficient (Wildman–Crippen LogP) is 4.05. The van der Waals surface area contributed by atoms with Crippen molar-refractivity contribution in [2.45, 2.75) is 13.3 Å². The molecule has 0 amide bonds. The zero-order valence-corrected chi connectivity index (χ0v) is 9.70. The van der Waals surface area contributed by atoms with Crippen LogP contribution in [0.3, 0.4) is 0 Å². The average Bonchev–Trinajstić information content (AvgIpc) is 2.13. The lowest BCUT2D eigenvalue weighted by Gasteiger charge is -2.08. The van der Waals surface area contributed by atoms with Gasteiger partial charge < -0.3 is 0 Å². The third-order valence-corrected chi connectivity index (χ3v) is 3.26. The molecule has 0 saturated heterocycles. The van der Waals surface area contributed by atoms with E-state index in [9.17, 15) is 4.39 Å². The van der Waals surface area contributed by atoms with Crippen LogP contribution < -0.4 is 0 Å². The summed E-state index contributed by atoms with van der Waals surface area (Å²) in [5.41, 5.74) is 0.694. The zero-order valence-electron chi connectivity index (χ0n) is 7.36. The highest BCUT2D eigenvalue weighted by molar-refractivity contribution is 9.09. The third-order valence-electron chi connectivity index (χ3n) is 1.86. The number of benzene rings is 1. The van der Waals surface area contributed by atoms with Gasteiger partial charge in [-0.1, -0.05) is 46.6 Å². The fourth-order valence-electron chi connectivity index (χ4n) is 1.14. The summed E-state index contributed by atoms with van der Waals surface area (Å²) in [5.74, 6) is 0.143. The second kappa shape index (κ2) is 4.97. The molecule has 3 heteroatoms. The summed E-state index contributed by atoms with van der Waals surface area (Å²) >= 11 is 9.01. The second-order valence-electron chi connectivity index (χ2n) is 3.18. The summed E-state index contributed by atoms with van der Waals surface area (Å²) < 4.78 is 13.4. The number of hydrogen-bond donors (Lipinski definition) is 0. The molecule has 0 bridgehead atoms. The van der Waals surface area contributed by atoms with Gasteiger partial charge in [0.2, 0.25) is 0 Å². The van der Waals surface area contributed by atoms with E-state index in [0.29, 0.717) is 11.5 Å². The van der Waals surface area contributed by atoms with E-state index >= 15 is 0 Å². The smallest absolute Gasteiger partial charge is 0.144 e. The van der Waals surface area contributed by atoms with Crippen molar-refractivity contribution < 1.29 is 4.39 Å². The molecular formula is C10H11BrClF. The van der Waals surface area contributed by atoms with Gasteiger partial charge in [0.1, 0.15) is 5.82 Å². The van der Waals surface area contributed by atoms with E-state index in [2.05, 4.69) is 22.9 Å². The summed E-state index contributed by atoms with van der Waals surface area (Å²) in [6, 6.07) is 5.13. The Morgan fingerprint density at radius 3 is 2.85 bits per heavy atom. The van der Waals surface area contributed by atoms with Crippen LogP contribution in [-0.4, -0.2) is 5.33 Å². The van der Waals surface area contributed by atoms with Gasteiger partial charge in [-0.25, -0.2) is 4.39 Å². The maximum Gasteiger partial charge on any atom is 0.144 e. The van der Waals surface area contributed by atoms with E-state index in [4.69, 9.17) is 11.6 Å². The van der Waals surface area contributed by atoms with Gasteiger partial charge >= 0.3 is 0 Å². The standard InChI is InChI=1S/C10H11BrClF/c1-7(6-11)5-8-3-2-4-9(12)10(8)13/h2-4,7H,5-6H2,1H3. The molecule has 0 radical (unpaired) electrons. The van der Waals surface area contributed by atoms with Crippen LogP contribution in [0.1, 0.15) is 12.5 Å². The van der Waals surface area contributed by atoms with Crippen LogP contribution in [0, 0.1) is 11.7 Å². The Morgan fingerprint density at radius 2 is 2.23 bits per heavy atom. The van der Waals surface area contributed by atoms with Gasteiger partial charge in [0.05, 0.1) is 5.02 Å². The Morgan fingerprint density at radius 1 is 1.54 bits per heavy atom. The summed E-state index contributed by atoms with van der Waals surface area (Å²) in [7, 11) is 0. The van der Waals surface area contributed by atoms with Crippen LogP contribution in [0.5, 0.6) is 0 Å². The molecule has 0 nitrogen and oxygen atoms in total. The average molecular weight is 266 g/mol. The molecule has 0 aliphatic heterocycles. The SMILES string of the molecule is CC(CBr)Cc1cccc(Cl)c1F. The largest absolute Gasteiger partial charge is 0.205 e. The first-order chi connectivity index (χ1) is 6.15. The minimum atomic E-state index is -0.281. The van der Waals surface area contributed by atoms with Crippen molar-refractivity contribution in [3.63, 3.8) is 0 Å². The topological polar surface area (TPSA) is 0 Å². The predicted molar refractivity (Wildman–Crippen MR) is 58.1 cm³/mol. The molecule has 1 unspecified atom stereocenters. The van der Waals surface area contributed by atoms with E-state index < -0.39 is 0 Å². The Kier molecular flexibility index (Phi) is 4.20. The lowest BCUT2D eigenvalue weighted by atomic mass is 10.0. The fraction of sp³-hybridized carbons (Fsp3) is 0.400. The summed E-state index contributed by atoms with van der Waals surface area (Å²) in [6.07, 6.45) is 0.720. The van der Waals surface area contributed by atoms with Crippen LogP contribution in [-0.2, 0) is 6.42 Å². The highest BCUT2D eigenvalue weighted by Crippen LogP contribution is 2.20. The molecule has 1 aromatic carbocycles. The van der Waals surface area contributed by atoms with E-state index in [1.54, 1.807) is 18.2 Å². The first kappa shape index (κ1) is 11.0. The van der Waals surface area contributed by atoms with Crippen LogP contribution in [0.25, 0.3) is 0 Å². The molecule has 72 valence electrons. The van der Waals surface area contributed by atoms with Crippen molar-refractivity contribution in [3.05, 3.63) is 34.6 Å². The number of hydrogen-bond acceptors (Lipinski definition) is 0. The van der Waals surface area contributed by atoms with Crippen LogP contribution in [0.4, 0.5) is 4.39 Å². The Bertz CT molecular complexity index is 288. The van der Waals surface area contributed by atoms with E-state index in [1.807, 2.05) is 0 Å². The van der Waals surface area contributed by atoms with Crippen molar-refractivity contribution in [1.29, 1.82) is 0 Å². The fourth-order valence-corrected chi connectivity index (χ4v) is 1.56. The highest BCUT2D eigenvalue weighted by atomic mass is 79.9. The molecule has 0 N–H and O–H groups in total. The Labute approximate surface area is 91.2 Å². The van der Waals surface area contributed by atoms with Crippen LogP contribution in [0.2, 0.25) is 5.02 Å². The molecule has 1 atom stereocenters. The molecule has 0 aromatic heterocycles. The maximum absolute atomic E-state index is 13.4. The van der Waals surface area contributed by atoms with Gasteiger partial charge in [-0.2, -0.15) is 0 Å². The molecule has 0 aliphatic carbocycles. The normalized spacial score (nSPS) is 12.9. The second-order valence-corrected chi connectivity index (χ2v) is 4.23. The number of halogens is 3. The first-order valence-corrected chi connectivity index (χ1v) is 5.64. The van der Waals surface area contributed by atoms with E-state index in [0.717, 1.165) is 11.8 Å². The number of rotatable bonds is 3. The molecule has 0 saturated carbocycles. The third kappa shape index (κ3) is 2.96. The van der Waals surface area contributed by atoms with Crippen molar-refractivity contribution in [1.82, 2.24) is 0 Å². The quantitative estimate of drug-likeness (QED) is 0.723. The highest BCUT2D eigenvalue weighted by Gasteiger charge is 2.08. The van der Waals surface area contributed by atoms with Gasteiger partial charge in [-0.15, -0.1) is 0 Å². The minimum absolute atomic E-state index is 0.208. The molecule has 0 fully saturated rings. The lowest BCUT2D eigenvalue weighted by Crippen LogP contribution is -2.02. The molecule has 0 heterocycles. The van der Waals surface area contributed by atoms with Crippen molar-refractivity contribution >= 4 is 27.5 Å². The van der Waals surface area contributed by atoms with Gasteiger partial charge in [-0.05, 0) is 24.0 Å². The molecular weight excluding hydrogens is 254 g/mol. The summed E-state index contributed by atoms with van der Waals surface area (Å²) in [4.78, 5) is 0. The van der Waals surface area contributed by atoms with Crippen LogP contribution in [0.15, 0.2) is 18.2 Å². The van der Waals surface area contributed by atoms with E-state index in [1.165, 1.54) is 0 Å². The van der Waals surface area contributed by atoms with Gasteiger partial charge in [0.25, 0.3) is 0 Å². The molecule has 13 heavy (non-hydrogen) atoms. The molecule has 0 spiro atoms. The van der Waals surface area contributed by atoms with E-state index in [-0.39, 0.29) is 10.8 Å². The van der Waals surface area contributed by atoms with Crippen molar-refractivity contribution in [2.75, 3.05) is 5.33 Å². The Balaban J connectivity index is 2.83. The molecule has 1 aromatic rings. The maximum atomic E-state index is 13.4. The van der Waals surface area contributed by atoms with Crippen molar-refractivity contribution in [3.8, 4) is 0 Å². The van der Waals surface area contributed by atoms with Crippen LogP contribution >= 0.6 is 27.5 Å². The van der Waals surface area contributed by atoms with Gasteiger partial charge in [0, 0.05) is 5.33 Å². The first-order valence-electron chi connectivity index (χ1n) is 4.14. The monoisotopic (exact) mass is 264 g/mol. The van der Waals surface area contributed by atoms with Crippen molar-refractivity contribution in [2.24, 2.45) is 5.92 Å². The van der Waals surface area contributed by atoms with Gasteiger partial charge in [0.15, 0.2) is 0 Å². The molecule has 1 rings (SSSR count). The minimum Gasteiger partial charge on any atom is -0.205 e. The lowest BCUT2D eigenvalue weighted by molar-refractivity contribution is 0.579. The molecule has 0 aliphatic rings. The van der Waals surface area contributed by atoms with Gasteiger partial charge in [-0.3, -0.25) is 0 Å². The summed E-state index contributed by atoms with van der Waals surface area (Å²) in [5, 5.41) is 1.08. The zero-order chi connectivity index (χ0) is 9.84.